The topological polar surface area (TPSA) is 12.0 Å². The lowest BCUT2D eigenvalue weighted by Gasteiger charge is -2.18. The molecule has 2 rings (SSSR count). The summed E-state index contributed by atoms with van der Waals surface area (Å²) in [5, 5.41) is 3.29. The fourth-order valence-electron chi connectivity index (χ4n) is 1.85. The van der Waals surface area contributed by atoms with Crippen LogP contribution in [0.4, 0.5) is 14.5 Å². The molecule has 106 valence electrons. The van der Waals surface area contributed by atoms with Crippen molar-refractivity contribution in [2.24, 2.45) is 0 Å². The highest BCUT2D eigenvalue weighted by atomic mass is 127. The van der Waals surface area contributed by atoms with E-state index in [0.717, 1.165) is 11.3 Å². The number of anilines is 1. The second-order valence-electron chi connectivity index (χ2n) is 4.29. The Bertz CT molecular complexity index is 560. The lowest BCUT2D eigenvalue weighted by atomic mass is 10.1. The summed E-state index contributed by atoms with van der Waals surface area (Å²) in [5.41, 5.74) is 1.87. The summed E-state index contributed by atoms with van der Waals surface area (Å²) in [6.07, 6.45) is 0. The van der Waals surface area contributed by atoms with Gasteiger partial charge in [0.25, 0.3) is 5.76 Å². The molecule has 0 spiro atoms. The summed E-state index contributed by atoms with van der Waals surface area (Å²) in [6, 6.07) is 15.4. The smallest absolute Gasteiger partial charge is 0.288 e. The number of thioether (sulfide) groups is 1. The van der Waals surface area contributed by atoms with Gasteiger partial charge in [-0.25, -0.2) is 0 Å². The van der Waals surface area contributed by atoms with Crippen molar-refractivity contribution < 1.29 is 8.78 Å². The second kappa shape index (κ2) is 7.26. The van der Waals surface area contributed by atoms with E-state index in [2.05, 4.69) is 27.9 Å². The molecule has 0 saturated carbocycles. The third-order valence-electron chi connectivity index (χ3n) is 2.85. The summed E-state index contributed by atoms with van der Waals surface area (Å²) in [4.78, 5) is 0.569. The van der Waals surface area contributed by atoms with E-state index in [-0.39, 0.29) is 6.04 Å². The van der Waals surface area contributed by atoms with E-state index in [4.69, 9.17) is 0 Å². The molecule has 1 nitrogen and oxygen atoms in total. The molecule has 1 atom stereocenters. The number of para-hydroxylation sites is 1. The molecule has 0 aliphatic carbocycles. The van der Waals surface area contributed by atoms with Gasteiger partial charge in [0.1, 0.15) is 0 Å². The van der Waals surface area contributed by atoms with Crippen LogP contribution in [0.15, 0.2) is 53.4 Å². The lowest BCUT2D eigenvalue weighted by Crippen LogP contribution is -2.07. The zero-order valence-electron chi connectivity index (χ0n) is 10.8. The first-order chi connectivity index (χ1) is 9.56. The van der Waals surface area contributed by atoms with Gasteiger partial charge in [0, 0.05) is 20.2 Å². The molecule has 1 unspecified atom stereocenters. The Balaban J connectivity index is 2.15. The van der Waals surface area contributed by atoms with Crippen molar-refractivity contribution in [2.45, 2.75) is 23.6 Å². The van der Waals surface area contributed by atoms with E-state index >= 15 is 0 Å². The first kappa shape index (κ1) is 15.6. The van der Waals surface area contributed by atoms with Crippen molar-refractivity contribution in [1.82, 2.24) is 0 Å². The van der Waals surface area contributed by atoms with Crippen LogP contribution in [0.25, 0.3) is 0 Å². The van der Waals surface area contributed by atoms with Gasteiger partial charge in [0.05, 0.1) is 0 Å². The van der Waals surface area contributed by atoms with Crippen molar-refractivity contribution >= 4 is 40.0 Å². The number of hydrogen-bond acceptors (Lipinski definition) is 2. The molecule has 0 saturated heterocycles. The largest absolute Gasteiger partial charge is 0.378 e. The molecule has 0 fully saturated rings. The summed E-state index contributed by atoms with van der Waals surface area (Å²) in [6.45, 7) is 2.02. The summed E-state index contributed by atoms with van der Waals surface area (Å²) < 4.78 is 26.3. The molecule has 0 amide bonds. The average Bonchev–Trinajstić information content (AvgIpc) is 2.41. The van der Waals surface area contributed by atoms with Gasteiger partial charge >= 0.3 is 0 Å². The molecule has 20 heavy (non-hydrogen) atoms. The molecule has 0 aliphatic rings. The Hall–Kier alpha value is -0.820. The second-order valence-corrected chi connectivity index (χ2v) is 6.57. The maximum Gasteiger partial charge on any atom is 0.288 e. The van der Waals surface area contributed by atoms with Crippen LogP contribution in [0.2, 0.25) is 0 Å². The van der Waals surface area contributed by atoms with Crippen molar-refractivity contribution in [1.29, 1.82) is 0 Å². The molecular formula is C15H14F2INS. The maximum absolute atomic E-state index is 12.5. The summed E-state index contributed by atoms with van der Waals surface area (Å²) in [5.74, 6) is -2.41. The Morgan fingerprint density at radius 3 is 2.35 bits per heavy atom. The fraction of sp³-hybridized carbons (Fsp3) is 0.200. The highest BCUT2D eigenvalue weighted by Gasteiger charge is 2.12. The van der Waals surface area contributed by atoms with E-state index in [9.17, 15) is 8.78 Å². The number of nitrogens with one attached hydrogen (secondary N) is 1. The van der Waals surface area contributed by atoms with Crippen molar-refractivity contribution in [3.05, 3.63) is 57.7 Å². The van der Waals surface area contributed by atoms with Crippen LogP contribution in [0, 0.1) is 3.57 Å². The van der Waals surface area contributed by atoms with E-state index in [1.54, 1.807) is 12.1 Å². The Kier molecular flexibility index (Phi) is 5.65. The van der Waals surface area contributed by atoms with Crippen LogP contribution in [-0.4, -0.2) is 5.76 Å². The fourth-order valence-corrected chi connectivity index (χ4v) is 2.82. The molecule has 5 heteroatoms. The normalized spacial score (nSPS) is 12.4. The summed E-state index contributed by atoms with van der Waals surface area (Å²) in [7, 11) is 0. The Morgan fingerprint density at radius 2 is 1.70 bits per heavy atom. The molecule has 2 aromatic carbocycles. The van der Waals surface area contributed by atoms with Crippen molar-refractivity contribution in [2.75, 3.05) is 5.32 Å². The summed E-state index contributed by atoms with van der Waals surface area (Å²) >= 11 is 2.82. The Morgan fingerprint density at radius 1 is 1.05 bits per heavy atom. The molecule has 0 radical (unpaired) electrons. The number of rotatable bonds is 5. The van der Waals surface area contributed by atoms with E-state index in [1.807, 2.05) is 43.3 Å². The van der Waals surface area contributed by atoms with Crippen molar-refractivity contribution in [3.8, 4) is 0 Å². The van der Waals surface area contributed by atoms with Crippen LogP contribution in [0.1, 0.15) is 18.5 Å². The van der Waals surface area contributed by atoms with Gasteiger partial charge in [-0.1, -0.05) is 36.0 Å². The predicted octanol–water partition coefficient (Wildman–Crippen LogP) is 5.78. The van der Waals surface area contributed by atoms with Gasteiger partial charge in [-0.2, -0.15) is 8.78 Å². The third-order valence-corrected chi connectivity index (χ3v) is 4.35. The van der Waals surface area contributed by atoms with Gasteiger partial charge in [-0.3, -0.25) is 0 Å². The SMILES string of the molecule is CC(Nc1ccccc1SC(F)F)c1ccc(I)cc1. The van der Waals surface area contributed by atoms with E-state index in [1.165, 1.54) is 3.57 Å². The zero-order valence-corrected chi connectivity index (χ0v) is 13.8. The predicted molar refractivity (Wildman–Crippen MR) is 89.5 cm³/mol. The highest BCUT2D eigenvalue weighted by Crippen LogP contribution is 2.33. The molecule has 0 aromatic heterocycles. The highest BCUT2D eigenvalue weighted by molar-refractivity contribution is 14.1. The van der Waals surface area contributed by atoms with Gasteiger partial charge < -0.3 is 5.32 Å². The minimum Gasteiger partial charge on any atom is -0.378 e. The number of hydrogen-bond donors (Lipinski definition) is 1. The van der Waals surface area contributed by atoms with Crippen LogP contribution >= 0.6 is 34.4 Å². The zero-order chi connectivity index (χ0) is 14.5. The molecule has 0 bridgehead atoms. The first-order valence-corrected chi connectivity index (χ1v) is 8.08. The average molecular weight is 405 g/mol. The number of benzene rings is 2. The number of halogens is 3. The van der Waals surface area contributed by atoms with Gasteiger partial charge in [-0.05, 0) is 59.3 Å². The first-order valence-electron chi connectivity index (χ1n) is 6.12. The molecule has 0 heterocycles. The standard InChI is InChI=1S/C15H14F2INS/c1-10(11-6-8-12(18)9-7-11)19-13-4-2-3-5-14(13)20-15(16)17/h2-10,15,19H,1H3. The van der Waals surface area contributed by atoms with E-state index in [0.29, 0.717) is 16.7 Å². The van der Waals surface area contributed by atoms with Crippen molar-refractivity contribution in [3.63, 3.8) is 0 Å². The van der Waals surface area contributed by atoms with E-state index < -0.39 is 5.76 Å². The lowest BCUT2D eigenvalue weighted by molar-refractivity contribution is 0.252. The van der Waals surface area contributed by atoms with Gasteiger partial charge in [0.2, 0.25) is 0 Å². The van der Waals surface area contributed by atoms with Crippen LogP contribution in [-0.2, 0) is 0 Å². The van der Waals surface area contributed by atoms with Crippen LogP contribution in [0.5, 0.6) is 0 Å². The maximum atomic E-state index is 12.5. The monoisotopic (exact) mass is 405 g/mol. The molecule has 1 N–H and O–H groups in total. The molecule has 0 aliphatic heterocycles. The quantitative estimate of drug-likeness (QED) is 0.500. The van der Waals surface area contributed by atoms with Gasteiger partial charge in [-0.15, -0.1) is 0 Å². The number of alkyl halides is 2. The molecular weight excluding hydrogens is 391 g/mol. The molecule has 2 aromatic rings. The Labute approximate surface area is 135 Å². The minimum absolute atomic E-state index is 0.0615. The van der Waals surface area contributed by atoms with Crippen LogP contribution < -0.4 is 5.32 Å². The van der Waals surface area contributed by atoms with Crippen LogP contribution in [0.3, 0.4) is 0 Å². The minimum atomic E-state index is -2.41. The van der Waals surface area contributed by atoms with Gasteiger partial charge in [0.15, 0.2) is 0 Å². The third kappa shape index (κ3) is 4.34.